The molecule has 11 nitrogen and oxygen atoms in total. The quantitative estimate of drug-likeness (QED) is 0.305. The van der Waals surface area contributed by atoms with Gasteiger partial charge in [-0.25, -0.2) is 8.42 Å². The monoisotopic (exact) mass is 515 g/mol. The number of pyridine rings is 1. The lowest BCUT2D eigenvalue weighted by atomic mass is 10.0. The number of nitrogens with two attached hydrogens (primary N) is 1. The summed E-state index contributed by atoms with van der Waals surface area (Å²) in [6.45, 7) is 3.55. The molecule has 2 aliphatic rings. The molecule has 3 atom stereocenters. The molecule has 0 saturated carbocycles. The fraction of sp³-hybridized carbons (Fsp3) is 0.417. The number of benzene rings is 1. The molecule has 2 aromatic rings. The van der Waals surface area contributed by atoms with E-state index in [0.717, 1.165) is 10.5 Å². The van der Waals surface area contributed by atoms with E-state index in [4.69, 9.17) is 5.73 Å². The first kappa shape index (κ1) is 25.6. The molecule has 2 fully saturated rings. The molecule has 1 aromatic carbocycles. The molecular weight excluding hydrogens is 486 g/mol. The Kier molecular flexibility index (Phi) is 7.01. The molecular formula is C24H29N5O6S. The van der Waals surface area contributed by atoms with E-state index in [0.29, 0.717) is 17.7 Å². The summed E-state index contributed by atoms with van der Waals surface area (Å²) in [5.41, 5.74) is 6.53. The second kappa shape index (κ2) is 9.86. The molecule has 1 aromatic heterocycles. The van der Waals surface area contributed by atoms with Crippen molar-refractivity contribution in [2.24, 2.45) is 5.92 Å². The number of likely N-dealkylation sites (tertiary alicyclic amines) is 1. The van der Waals surface area contributed by atoms with Crippen LogP contribution in [0.4, 0.5) is 5.69 Å². The Morgan fingerprint density at radius 2 is 1.89 bits per heavy atom. The highest BCUT2D eigenvalue weighted by atomic mass is 32.2. The van der Waals surface area contributed by atoms with Gasteiger partial charge in [0.2, 0.25) is 5.91 Å². The van der Waals surface area contributed by atoms with Crippen LogP contribution in [0.25, 0.3) is 0 Å². The summed E-state index contributed by atoms with van der Waals surface area (Å²) >= 11 is 0. The Hall–Kier alpha value is -3.51. The third-order valence-electron chi connectivity index (χ3n) is 6.51. The number of sulfonamides is 1. The number of hydrogen-bond donors (Lipinski definition) is 2. The van der Waals surface area contributed by atoms with Crippen molar-refractivity contribution in [2.75, 3.05) is 18.8 Å². The fourth-order valence-corrected chi connectivity index (χ4v) is 6.50. The minimum atomic E-state index is -4.26. The van der Waals surface area contributed by atoms with Crippen molar-refractivity contribution in [1.29, 1.82) is 0 Å². The van der Waals surface area contributed by atoms with E-state index in [9.17, 15) is 28.0 Å². The first-order valence-electron chi connectivity index (χ1n) is 11.7. The minimum absolute atomic E-state index is 0.0609. The van der Waals surface area contributed by atoms with Gasteiger partial charge in [0.1, 0.15) is 12.1 Å². The van der Waals surface area contributed by atoms with Crippen LogP contribution in [0.2, 0.25) is 0 Å². The summed E-state index contributed by atoms with van der Waals surface area (Å²) in [6, 6.07) is 7.67. The van der Waals surface area contributed by atoms with Gasteiger partial charge < -0.3 is 21.2 Å². The van der Waals surface area contributed by atoms with E-state index in [-0.39, 0.29) is 23.6 Å². The number of rotatable bonds is 7. The lowest BCUT2D eigenvalue weighted by molar-refractivity contribution is -0.646. The van der Waals surface area contributed by atoms with Crippen LogP contribution >= 0.6 is 0 Å². The molecule has 0 spiro atoms. The highest BCUT2D eigenvalue weighted by molar-refractivity contribution is 7.89. The molecule has 12 heteroatoms. The highest BCUT2D eigenvalue weighted by Gasteiger charge is 2.55. The van der Waals surface area contributed by atoms with Crippen LogP contribution in [0.1, 0.15) is 37.0 Å². The van der Waals surface area contributed by atoms with Gasteiger partial charge >= 0.3 is 15.0 Å². The molecule has 2 saturated heterocycles. The standard InChI is InChI=1S/C24H29N5O6S/c1-15(2)13-18(26-23(31)16-6-8-17(25)9-7-16)24(32)27-12-10-19-22(27)20(30)14-29(19)36(34,35)21-5-3-4-11-28(21)33/h3-9,11,15,18-19,22H,10,12-14,25H2,1-2H3,(H,26,31). The van der Waals surface area contributed by atoms with E-state index in [1.54, 1.807) is 24.3 Å². The maximum atomic E-state index is 13.6. The van der Waals surface area contributed by atoms with Crippen molar-refractivity contribution in [1.82, 2.24) is 14.5 Å². The average Bonchev–Trinajstić information content (AvgIpc) is 3.40. The Balaban J connectivity index is 1.56. The van der Waals surface area contributed by atoms with Crippen molar-refractivity contribution in [2.45, 2.75) is 49.8 Å². The minimum Gasteiger partial charge on any atom is -0.618 e. The number of carbonyl (C=O) groups is 3. The first-order valence-corrected chi connectivity index (χ1v) is 13.1. The molecule has 2 aliphatic heterocycles. The van der Waals surface area contributed by atoms with Gasteiger partial charge in [-0.05, 0) is 49.1 Å². The first-order chi connectivity index (χ1) is 17.0. The average molecular weight is 516 g/mol. The molecule has 2 amide bonds. The predicted octanol–water partition coefficient (Wildman–Crippen LogP) is 0.290. The number of carbonyl (C=O) groups excluding carboxylic acids is 3. The summed E-state index contributed by atoms with van der Waals surface area (Å²) in [5, 5.41) is 14.4. The van der Waals surface area contributed by atoms with Crippen LogP contribution < -0.4 is 15.8 Å². The van der Waals surface area contributed by atoms with Crippen LogP contribution in [-0.2, 0) is 19.6 Å². The smallest absolute Gasteiger partial charge is 0.323 e. The van der Waals surface area contributed by atoms with Gasteiger partial charge in [0.25, 0.3) is 5.91 Å². The molecule has 0 aliphatic carbocycles. The molecule has 192 valence electrons. The van der Waals surface area contributed by atoms with Crippen molar-refractivity contribution in [3.63, 3.8) is 0 Å². The van der Waals surface area contributed by atoms with E-state index in [1.165, 1.54) is 23.1 Å². The number of aromatic nitrogens is 1. The molecule has 0 radical (unpaired) electrons. The zero-order chi connectivity index (χ0) is 26.2. The number of nitrogen functional groups attached to an aromatic ring is 1. The molecule has 3 heterocycles. The molecule has 3 N–H and O–H groups in total. The van der Waals surface area contributed by atoms with Crippen LogP contribution in [-0.4, -0.2) is 66.4 Å². The number of ketones is 1. The van der Waals surface area contributed by atoms with Gasteiger partial charge in [-0.3, -0.25) is 14.4 Å². The second-order valence-electron chi connectivity index (χ2n) is 9.49. The normalized spacial score (nSPS) is 21.0. The second-order valence-corrected chi connectivity index (χ2v) is 11.3. The lowest BCUT2D eigenvalue weighted by Gasteiger charge is -2.29. The summed E-state index contributed by atoms with van der Waals surface area (Å²) in [6.07, 6.45) is 1.66. The SMILES string of the molecule is CC(C)CC(NC(=O)c1ccc(N)cc1)C(=O)N1CCC2C1C(=O)CN2S(=O)(=O)c1cccc[n+]1[O-]. The van der Waals surface area contributed by atoms with Crippen molar-refractivity contribution < 1.29 is 27.5 Å². The topological polar surface area (TPSA) is 157 Å². The number of nitrogens with zero attached hydrogens (tertiary/aromatic N) is 3. The maximum absolute atomic E-state index is 13.6. The van der Waals surface area contributed by atoms with Crippen LogP contribution in [0.15, 0.2) is 53.7 Å². The van der Waals surface area contributed by atoms with Crippen LogP contribution in [0.3, 0.4) is 0 Å². The Bertz CT molecular complexity index is 1280. The Morgan fingerprint density at radius 3 is 2.53 bits per heavy atom. The van der Waals surface area contributed by atoms with Crippen LogP contribution in [0.5, 0.6) is 0 Å². The third kappa shape index (κ3) is 4.78. The number of nitrogens with one attached hydrogen (secondary N) is 1. The lowest BCUT2D eigenvalue weighted by Crippen LogP contribution is -2.53. The van der Waals surface area contributed by atoms with Gasteiger partial charge in [0.05, 0.1) is 12.6 Å². The fourth-order valence-electron chi connectivity index (χ4n) is 4.84. The summed E-state index contributed by atoms with van der Waals surface area (Å²) in [7, 11) is -4.26. The van der Waals surface area contributed by atoms with Gasteiger partial charge in [-0.1, -0.05) is 13.8 Å². The maximum Gasteiger partial charge on any atom is 0.323 e. The number of fused-ring (bicyclic) bond motifs is 1. The summed E-state index contributed by atoms with van der Waals surface area (Å²) in [4.78, 5) is 40.8. The number of Topliss-reactive ketones (excluding diaryl/α,β-unsaturated/α-hetero) is 1. The molecule has 0 bridgehead atoms. The predicted molar refractivity (Wildman–Crippen MR) is 130 cm³/mol. The van der Waals surface area contributed by atoms with Gasteiger partial charge in [-0.15, -0.1) is 0 Å². The molecule has 36 heavy (non-hydrogen) atoms. The number of anilines is 1. The number of amides is 2. The third-order valence-corrected chi connectivity index (χ3v) is 8.37. The largest absolute Gasteiger partial charge is 0.618 e. The number of hydrogen-bond acceptors (Lipinski definition) is 7. The summed E-state index contributed by atoms with van der Waals surface area (Å²) in [5.74, 6) is -1.25. The zero-order valence-corrected chi connectivity index (χ0v) is 20.8. The van der Waals surface area contributed by atoms with Crippen LogP contribution in [0, 0.1) is 11.1 Å². The molecule has 3 unspecified atom stereocenters. The van der Waals surface area contributed by atoms with E-state index >= 15 is 0 Å². The Morgan fingerprint density at radius 1 is 1.19 bits per heavy atom. The highest BCUT2D eigenvalue weighted by Crippen LogP contribution is 2.34. The van der Waals surface area contributed by atoms with Crippen molar-refractivity contribution in [3.8, 4) is 0 Å². The van der Waals surface area contributed by atoms with Crippen molar-refractivity contribution in [3.05, 3.63) is 59.4 Å². The van der Waals surface area contributed by atoms with Gasteiger partial charge in [0.15, 0.2) is 12.0 Å². The summed E-state index contributed by atoms with van der Waals surface area (Å²) < 4.78 is 27.7. The van der Waals surface area contributed by atoms with E-state index < -0.39 is 57.3 Å². The molecule has 4 rings (SSSR count). The van der Waals surface area contributed by atoms with Gasteiger partial charge in [0, 0.05) is 29.9 Å². The van der Waals surface area contributed by atoms with E-state index in [1.807, 2.05) is 13.8 Å². The zero-order valence-electron chi connectivity index (χ0n) is 20.0. The van der Waals surface area contributed by atoms with E-state index in [2.05, 4.69) is 5.32 Å². The van der Waals surface area contributed by atoms with Crippen molar-refractivity contribution >= 4 is 33.3 Å². The Labute approximate surface area is 209 Å². The van der Waals surface area contributed by atoms with Gasteiger partial charge in [-0.2, -0.15) is 9.04 Å².